The molecule has 0 fully saturated rings. The van der Waals surface area contributed by atoms with Crippen molar-refractivity contribution in [2.24, 2.45) is 0 Å². The first kappa shape index (κ1) is 19.0. The summed E-state index contributed by atoms with van der Waals surface area (Å²) in [5, 5.41) is 3.13. The maximum Gasteiger partial charge on any atom is 0.416 e. The van der Waals surface area contributed by atoms with Gasteiger partial charge in [0.2, 0.25) is 0 Å². The zero-order valence-corrected chi connectivity index (χ0v) is 13.7. The molecule has 3 N–H and O–H groups in total. The molecule has 0 aliphatic heterocycles. The Morgan fingerprint density at radius 1 is 1.22 bits per heavy atom. The van der Waals surface area contributed by atoms with E-state index in [0.717, 1.165) is 12.1 Å². The molecule has 1 aromatic carbocycles. The second kappa shape index (κ2) is 7.49. The van der Waals surface area contributed by atoms with Crippen LogP contribution in [-0.4, -0.2) is 23.2 Å². The number of benzene rings is 1. The summed E-state index contributed by atoms with van der Waals surface area (Å²) >= 11 is 4.95. The summed E-state index contributed by atoms with van der Waals surface area (Å²) in [6, 6.07) is 4.29. The van der Waals surface area contributed by atoms with E-state index in [1.54, 1.807) is 0 Å². The van der Waals surface area contributed by atoms with Crippen molar-refractivity contribution in [3.63, 3.8) is 0 Å². The Kier molecular flexibility index (Phi) is 6.20. The van der Waals surface area contributed by atoms with Gasteiger partial charge in [-0.3, -0.25) is 15.6 Å². The lowest BCUT2D eigenvalue weighted by Crippen LogP contribution is -2.52. The van der Waals surface area contributed by atoms with Gasteiger partial charge in [0.1, 0.15) is 5.75 Å². The van der Waals surface area contributed by atoms with Crippen LogP contribution < -0.4 is 20.9 Å². The highest BCUT2D eigenvalue weighted by molar-refractivity contribution is 7.80. The average Bonchev–Trinajstić information content (AvgIpc) is 2.40. The zero-order valence-electron chi connectivity index (χ0n) is 12.9. The monoisotopic (exact) mass is 349 g/mol. The Balaban J connectivity index is 2.44. The quantitative estimate of drug-likeness (QED) is 0.578. The number of hydrazine groups is 1. The average molecular weight is 349 g/mol. The van der Waals surface area contributed by atoms with Crippen molar-refractivity contribution in [1.29, 1.82) is 0 Å². The molecule has 1 rings (SSSR count). The summed E-state index contributed by atoms with van der Waals surface area (Å²) in [5.41, 5.74) is 3.63. The second-order valence-corrected chi connectivity index (χ2v) is 6.10. The lowest BCUT2D eigenvalue weighted by molar-refractivity contribution is -0.137. The van der Waals surface area contributed by atoms with E-state index in [2.05, 4.69) is 16.2 Å². The minimum absolute atomic E-state index is 0.0506. The molecule has 0 radical (unpaired) electrons. The van der Waals surface area contributed by atoms with Gasteiger partial charge in [-0.05, 0) is 51.2 Å². The highest BCUT2D eigenvalue weighted by Crippen LogP contribution is 2.31. The molecule has 128 valence electrons. The first-order chi connectivity index (χ1) is 10.5. The fourth-order valence-corrected chi connectivity index (χ4v) is 1.80. The van der Waals surface area contributed by atoms with E-state index in [9.17, 15) is 18.0 Å². The van der Waals surface area contributed by atoms with Crippen molar-refractivity contribution in [2.75, 3.05) is 6.61 Å². The third-order valence-electron chi connectivity index (χ3n) is 2.34. The van der Waals surface area contributed by atoms with E-state index in [1.807, 2.05) is 20.8 Å². The van der Waals surface area contributed by atoms with Crippen LogP contribution in [0, 0.1) is 0 Å². The molecule has 9 heteroatoms. The van der Waals surface area contributed by atoms with Crippen molar-refractivity contribution in [1.82, 2.24) is 16.2 Å². The van der Waals surface area contributed by atoms with Gasteiger partial charge in [-0.2, -0.15) is 13.2 Å². The Hall–Kier alpha value is -2.03. The number of nitrogens with one attached hydrogen (secondary N) is 3. The van der Waals surface area contributed by atoms with Gasteiger partial charge in [-0.15, -0.1) is 0 Å². The molecule has 0 unspecified atom stereocenters. The Morgan fingerprint density at radius 3 is 2.43 bits per heavy atom. The van der Waals surface area contributed by atoms with Gasteiger partial charge in [0.05, 0.1) is 5.56 Å². The lowest BCUT2D eigenvalue weighted by atomic mass is 10.1. The summed E-state index contributed by atoms with van der Waals surface area (Å²) < 4.78 is 42.7. The van der Waals surface area contributed by atoms with Crippen LogP contribution in [0.5, 0.6) is 5.75 Å². The lowest BCUT2D eigenvalue weighted by Gasteiger charge is -2.23. The zero-order chi connectivity index (χ0) is 17.7. The SMILES string of the molecule is CC(C)(C)NC(=S)NNC(=O)COc1cccc(C(F)(F)F)c1. The highest BCUT2D eigenvalue weighted by Gasteiger charge is 2.30. The van der Waals surface area contributed by atoms with Crippen molar-refractivity contribution in [3.8, 4) is 5.75 Å². The molecule has 0 saturated carbocycles. The fraction of sp³-hybridized carbons (Fsp3) is 0.429. The van der Waals surface area contributed by atoms with E-state index in [1.165, 1.54) is 12.1 Å². The summed E-state index contributed by atoms with van der Waals surface area (Å²) in [6.45, 7) is 5.21. The van der Waals surface area contributed by atoms with Crippen LogP contribution in [0.3, 0.4) is 0 Å². The molecule has 1 aromatic rings. The topological polar surface area (TPSA) is 62.4 Å². The largest absolute Gasteiger partial charge is 0.484 e. The number of amides is 1. The molecule has 0 aliphatic rings. The minimum Gasteiger partial charge on any atom is -0.484 e. The Bertz CT molecular complexity index is 571. The number of thiocarbonyl (C=S) groups is 1. The van der Waals surface area contributed by atoms with E-state index >= 15 is 0 Å². The molecule has 0 spiro atoms. The summed E-state index contributed by atoms with van der Waals surface area (Å²) in [7, 11) is 0. The molecule has 1 amide bonds. The number of carbonyl (C=O) groups excluding carboxylic acids is 1. The van der Waals surface area contributed by atoms with E-state index < -0.39 is 24.3 Å². The van der Waals surface area contributed by atoms with Gasteiger partial charge < -0.3 is 10.1 Å². The van der Waals surface area contributed by atoms with Crippen molar-refractivity contribution >= 4 is 23.2 Å². The maximum absolute atomic E-state index is 12.5. The Morgan fingerprint density at radius 2 is 1.87 bits per heavy atom. The number of alkyl halides is 3. The van der Waals surface area contributed by atoms with Crippen LogP contribution in [0.15, 0.2) is 24.3 Å². The molecule has 0 atom stereocenters. The normalized spacial score (nSPS) is 11.6. The van der Waals surface area contributed by atoms with Crippen molar-refractivity contribution in [3.05, 3.63) is 29.8 Å². The smallest absolute Gasteiger partial charge is 0.416 e. The van der Waals surface area contributed by atoms with Gasteiger partial charge in [-0.25, -0.2) is 0 Å². The fourth-order valence-electron chi connectivity index (χ4n) is 1.45. The van der Waals surface area contributed by atoms with Gasteiger partial charge in [0.25, 0.3) is 5.91 Å². The summed E-state index contributed by atoms with van der Waals surface area (Å²) in [4.78, 5) is 11.6. The van der Waals surface area contributed by atoms with Gasteiger partial charge in [0.15, 0.2) is 11.7 Å². The second-order valence-electron chi connectivity index (χ2n) is 5.69. The number of halogens is 3. The number of ether oxygens (including phenoxy) is 1. The van der Waals surface area contributed by atoms with Crippen molar-refractivity contribution < 1.29 is 22.7 Å². The van der Waals surface area contributed by atoms with Crippen LogP contribution in [0.1, 0.15) is 26.3 Å². The van der Waals surface area contributed by atoms with E-state index in [0.29, 0.717) is 0 Å². The predicted molar refractivity (Wildman–Crippen MR) is 83.7 cm³/mol. The van der Waals surface area contributed by atoms with Crippen LogP contribution in [-0.2, 0) is 11.0 Å². The molecule has 23 heavy (non-hydrogen) atoms. The van der Waals surface area contributed by atoms with Gasteiger partial charge in [-0.1, -0.05) is 6.07 Å². The standard InChI is InChI=1S/C14H18F3N3O2S/c1-13(2,3)18-12(23)20-19-11(21)8-22-10-6-4-5-9(7-10)14(15,16)17/h4-7H,8H2,1-3H3,(H,19,21)(H2,18,20,23). The summed E-state index contributed by atoms with van der Waals surface area (Å²) in [6.07, 6.45) is -4.46. The van der Waals surface area contributed by atoms with Crippen molar-refractivity contribution in [2.45, 2.75) is 32.5 Å². The van der Waals surface area contributed by atoms with Crippen LogP contribution in [0.25, 0.3) is 0 Å². The molecular weight excluding hydrogens is 331 g/mol. The first-order valence-corrected chi connectivity index (χ1v) is 7.05. The van der Waals surface area contributed by atoms with Gasteiger partial charge >= 0.3 is 6.18 Å². The number of hydrogen-bond acceptors (Lipinski definition) is 3. The molecule has 0 saturated heterocycles. The molecular formula is C14H18F3N3O2S. The van der Waals surface area contributed by atoms with E-state index in [-0.39, 0.29) is 16.4 Å². The van der Waals surface area contributed by atoms with Crippen LogP contribution in [0.2, 0.25) is 0 Å². The number of carbonyl (C=O) groups is 1. The third kappa shape index (κ3) is 7.68. The van der Waals surface area contributed by atoms with Gasteiger partial charge in [0, 0.05) is 5.54 Å². The maximum atomic E-state index is 12.5. The van der Waals surface area contributed by atoms with E-state index in [4.69, 9.17) is 17.0 Å². The van der Waals surface area contributed by atoms with Crippen LogP contribution >= 0.6 is 12.2 Å². The molecule has 0 bridgehead atoms. The first-order valence-electron chi connectivity index (χ1n) is 6.64. The molecule has 0 aromatic heterocycles. The molecule has 0 aliphatic carbocycles. The highest BCUT2D eigenvalue weighted by atomic mass is 32.1. The number of rotatable bonds is 3. The predicted octanol–water partition coefficient (Wildman–Crippen LogP) is 2.38. The number of hydrogen-bond donors (Lipinski definition) is 3. The summed E-state index contributed by atoms with van der Waals surface area (Å²) in [5.74, 6) is -0.633. The van der Waals surface area contributed by atoms with Crippen LogP contribution in [0.4, 0.5) is 13.2 Å². The minimum atomic E-state index is -4.46. The third-order valence-corrected chi connectivity index (χ3v) is 2.54. The Labute approximate surface area is 137 Å². The molecule has 0 heterocycles. The molecule has 5 nitrogen and oxygen atoms in total.